The van der Waals surface area contributed by atoms with Crippen molar-refractivity contribution in [2.75, 3.05) is 27.2 Å². The maximum atomic E-state index is 12.2. The van der Waals surface area contributed by atoms with E-state index in [0.717, 1.165) is 19.5 Å². The van der Waals surface area contributed by atoms with Crippen LogP contribution in [0.15, 0.2) is 22.3 Å². The maximum absolute atomic E-state index is 12.2. The highest BCUT2D eigenvalue weighted by Gasteiger charge is 2.30. The Bertz CT molecular complexity index is 357. The van der Waals surface area contributed by atoms with Crippen LogP contribution in [0.25, 0.3) is 0 Å². The van der Waals surface area contributed by atoms with Crippen LogP contribution in [-0.2, 0) is 4.79 Å². The topological polar surface area (TPSA) is 48.3 Å². The molecule has 2 heterocycles. The number of rotatable bonds is 2. The van der Waals surface area contributed by atoms with Gasteiger partial charge in [-0.3, -0.25) is 14.8 Å². The number of hydrogen-bond acceptors (Lipinski definition) is 4. The Labute approximate surface area is 102 Å². The van der Waals surface area contributed by atoms with Crippen LogP contribution >= 0.6 is 0 Å². The van der Waals surface area contributed by atoms with Gasteiger partial charge in [-0.2, -0.15) is 0 Å². The lowest BCUT2D eigenvalue weighted by atomic mass is 10.2. The van der Waals surface area contributed by atoms with Crippen LogP contribution in [0.1, 0.15) is 6.42 Å². The highest BCUT2D eigenvalue weighted by Crippen LogP contribution is 2.14. The van der Waals surface area contributed by atoms with Gasteiger partial charge >= 0.3 is 0 Å². The zero-order chi connectivity index (χ0) is 12.3. The van der Waals surface area contributed by atoms with Crippen molar-refractivity contribution < 1.29 is 4.79 Å². The number of carbonyl (C=O) groups excluding carboxylic acids is 1. The van der Waals surface area contributed by atoms with E-state index in [-0.39, 0.29) is 5.91 Å². The average Bonchev–Trinajstić information content (AvgIpc) is 2.65. The lowest BCUT2D eigenvalue weighted by Crippen LogP contribution is -2.40. The summed E-state index contributed by atoms with van der Waals surface area (Å²) in [5.74, 6) is 0.0538. The Balaban J connectivity index is 1.97. The van der Waals surface area contributed by atoms with E-state index in [1.54, 1.807) is 24.7 Å². The third kappa shape index (κ3) is 2.79. The fourth-order valence-electron chi connectivity index (χ4n) is 2.08. The van der Waals surface area contributed by atoms with Gasteiger partial charge in [-0.1, -0.05) is 0 Å². The minimum Gasteiger partial charge on any atom is -0.339 e. The van der Waals surface area contributed by atoms with Crippen LogP contribution in [0, 0.1) is 0 Å². The van der Waals surface area contributed by atoms with Gasteiger partial charge in [0, 0.05) is 37.8 Å². The molecule has 2 rings (SSSR count). The maximum Gasteiger partial charge on any atom is 0.252 e. The van der Waals surface area contributed by atoms with E-state index in [1.807, 2.05) is 19.0 Å². The first kappa shape index (κ1) is 12.0. The molecule has 0 aromatic heterocycles. The summed E-state index contributed by atoms with van der Waals surface area (Å²) in [6.45, 7) is 1.61. The molecular formula is C12H18N4O. The van der Waals surface area contributed by atoms with Crippen molar-refractivity contribution in [2.45, 2.75) is 18.5 Å². The van der Waals surface area contributed by atoms with Gasteiger partial charge in [0.2, 0.25) is 0 Å². The average molecular weight is 234 g/mol. The Morgan fingerprint density at radius 3 is 3.00 bits per heavy atom. The predicted octanol–water partition coefficient (Wildman–Crippen LogP) is 0.186. The number of carbonyl (C=O) groups is 1. The van der Waals surface area contributed by atoms with Crippen LogP contribution < -0.4 is 0 Å². The van der Waals surface area contributed by atoms with Crippen molar-refractivity contribution in [2.24, 2.45) is 9.98 Å². The number of allylic oxidation sites excluding steroid dienone is 1. The van der Waals surface area contributed by atoms with Gasteiger partial charge in [0.15, 0.2) is 6.04 Å². The van der Waals surface area contributed by atoms with Crippen molar-refractivity contribution in [1.29, 1.82) is 0 Å². The molecule has 17 heavy (non-hydrogen) atoms. The Morgan fingerprint density at radius 2 is 2.29 bits per heavy atom. The molecule has 0 saturated carbocycles. The van der Waals surface area contributed by atoms with E-state index < -0.39 is 6.04 Å². The summed E-state index contributed by atoms with van der Waals surface area (Å²) < 4.78 is 0. The third-order valence-corrected chi connectivity index (χ3v) is 3.19. The second-order valence-corrected chi connectivity index (χ2v) is 4.57. The van der Waals surface area contributed by atoms with Crippen molar-refractivity contribution in [3.8, 4) is 0 Å². The highest BCUT2D eigenvalue weighted by molar-refractivity contribution is 6.00. The fraction of sp³-hybridized carbons (Fsp3) is 0.583. The number of nitrogens with zero attached hydrogens (tertiary/aromatic N) is 4. The zero-order valence-electron chi connectivity index (χ0n) is 10.3. The lowest BCUT2D eigenvalue weighted by Gasteiger charge is -2.21. The first-order valence-electron chi connectivity index (χ1n) is 5.85. The van der Waals surface area contributed by atoms with E-state index in [4.69, 9.17) is 0 Å². The van der Waals surface area contributed by atoms with Crippen molar-refractivity contribution >= 4 is 18.3 Å². The van der Waals surface area contributed by atoms with Crippen LogP contribution in [0.4, 0.5) is 0 Å². The Morgan fingerprint density at radius 1 is 1.47 bits per heavy atom. The summed E-state index contributed by atoms with van der Waals surface area (Å²) in [6, 6.07) is 0.00897. The Kier molecular flexibility index (Phi) is 3.68. The SMILES string of the molecule is CN(C)C1CCN(C(=O)C2C=NC=CC=N2)C1. The van der Waals surface area contributed by atoms with E-state index >= 15 is 0 Å². The first-order valence-corrected chi connectivity index (χ1v) is 5.85. The molecular weight excluding hydrogens is 216 g/mol. The van der Waals surface area contributed by atoms with Gasteiger partial charge < -0.3 is 9.80 Å². The summed E-state index contributed by atoms with van der Waals surface area (Å²) >= 11 is 0. The largest absolute Gasteiger partial charge is 0.339 e. The standard InChI is InChI=1S/C12H18N4O/c1-15(2)10-4-7-16(9-10)12(17)11-8-13-5-3-6-14-11/h3,5-6,8,10-11H,4,7,9H2,1-2H3. The van der Waals surface area contributed by atoms with Crippen LogP contribution in [0.5, 0.6) is 0 Å². The summed E-state index contributed by atoms with van der Waals surface area (Å²) in [7, 11) is 4.10. The molecule has 1 fully saturated rings. The molecule has 0 aromatic carbocycles. The van der Waals surface area contributed by atoms with Gasteiger partial charge in [0.25, 0.3) is 5.91 Å². The highest BCUT2D eigenvalue weighted by atomic mass is 16.2. The van der Waals surface area contributed by atoms with E-state index in [9.17, 15) is 4.79 Å². The van der Waals surface area contributed by atoms with E-state index in [0.29, 0.717) is 6.04 Å². The summed E-state index contributed by atoms with van der Waals surface area (Å²) in [5, 5.41) is 0. The second kappa shape index (κ2) is 5.23. The molecule has 0 aromatic rings. The van der Waals surface area contributed by atoms with Crippen LogP contribution in [0.3, 0.4) is 0 Å². The number of aliphatic imine (C=N–C) groups is 2. The van der Waals surface area contributed by atoms with Gasteiger partial charge in [0.05, 0.1) is 0 Å². The summed E-state index contributed by atoms with van der Waals surface area (Å²) in [5.41, 5.74) is 0. The second-order valence-electron chi connectivity index (χ2n) is 4.57. The smallest absolute Gasteiger partial charge is 0.252 e. The Hall–Kier alpha value is -1.49. The molecule has 0 bridgehead atoms. The molecule has 0 spiro atoms. The predicted molar refractivity (Wildman–Crippen MR) is 68.6 cm³/mol. The molecule has 2 aliphatic heterocycles. The molecule has 1 saturated heterocycles. The molecule has 0 radical (unpaired) electrons. The molecule has 5 heteroatoms. The van der Waals surface area contributed by atoms with Gasteiger partial charge in [-0.05, 0) is 26.6 Å². The molecule has 1 amide bonds. The number of hydrogen-bond donors (Lipinski definition) is 0. The minimum atomic E-state index is -0.453. The molecule has 2 unspecified atom stereocenters. The quantitative estimate of drug-likeness (QED) is 0.684. The molecule has 0 aliphatic carbocycles. The first-order chi connectivity index (χ1) is 8.18. The van der Waals surface area contributed by atoms with Crippen molar-refractivity contribution in [3.63, 3.8) is 0 Å². The molecule has 5 nitrogen and oxygen atoms in total. The molecule has 2 aliphatic rings. The normalized spacial score (nSPS) is 27.8. The number of amides is 1. The molecule has 0 N–H and O–H groups in total. The summed E-state index contributed by atoms with van der Waals surface area (Å²) in [4.78, 5) is 24.4. The number of likely N-dealkylation sites (tertiary alicyclic amines) is 1. The number of likely N-dealkylation sites (N-methyl/N-ethyl adjacent to an activating group) is 1. The van der Waals surface area contributed by atoms with Crippen LogP contribution in [0.2, 0.25) is 0 Å². The van der Waals surface area contributed by atoms with Gasteiger partial charge in [-0.15, -0.1) is 0 Å². The molecule has 2 atom stereocenters. The van der Waals surface area contributed by atoms with Gasteiger partial charge in [-0.25, -0.2) is 0 Å². The van der Waals surface area contributed by atoms with Crippen molar-refractivity contribution in [1.82, 2.24) is 9.80 Å². The van der Waals surface area contributed by atoms with Crippen molar-refractivity contribution in [3.05, 3.63) is 12.3 Å². The van der Waals surface area contributed by atoms with Crippen LogP contribution in [-0.4, -0.2) is 67.4 Å². The minimum absolute atomic E-state index is 0.0538. The lowest BCUT2D eigenvalue weighted by molar-refractivity contribution is -0.129. The van der Waals surface area contributed by atoms with E-state index in [1.165, 1.54) is 0 Å². The van der Waals surface area contributed by atoms with Gasteiger partial charge in [0.1, 0.15) is 0 Å². The van der Waals surface area contributed by atoms with E-state index in [2.05, 4.69) is 14.9 Å². The zero-order valence-corrected chi connectivity index (χ0v) is 10.3. The third-order valence-electron chi connectivity index (χ3n) is 3.19. The molecule has 92 valence electrons. The summed E-state index contributed by atoms with van der Waals surface area (Å²) in [6.07, 6.45) is 7.64. The fourth-order valence-corrected chi connectivity index (χ4v) is 2.08. The monoisotopic (exact) mass is 234 g/mol.